The second-order valence-electron chi connectivity index (χ2n) is 4.29. The van der Waals surface area contributed by atoms with Gasteiger partial charge in [0.15, 0.2) is 5.76 Å². The fourth-order valence-corrected chi connectivity index (χ4v) is 2.96. The van der Waals surface area contributed by atoms with Gasteiger partial charge in [0, 0.05) is 11.6 Å². The molecule has 3 N–H and O–H groups in total. The molecule has 0 aliphatic rings. The molecule has 0 unspecified atom stereocenters. The Bertz CT molecular complexity index is 772. The van der Waals surface area contributed by atoms with E-state index >= 15 is 0 Å². The minimum atomic E-state index is -3.65. The number of benzene rings is 1. The van der Waals surface area contributed by atoms with E-state index in [1.165, 1.54) is 12.3 Å². The Labute approximate surface area is 123 Å². The molecule has 2 aromatic rings. The van der Waals surface area contributed by atoms with E-state index in [2.05, 4.69) is 21.7 Å². The van der Waals surface area contributed by atoms with Crippen LogP contribution in [0.15, 0.2) is 39.9 Å². The zero-order chi connectivity index (χ0) is 15.3. The van der Waals surface area contributed by atoms with Crippen molar-refractivity contribution in [2.45, 2.75) is 18.4 Å². The predicted molar refractivity (Wildman–Crippen MR) is 77.6 cm³/mol. The number of sulfonamides is 1. The Balaban J connectivity index is 2.26. The maximum absolute atomic E-state index is 12.3. The smallest absolute Gasteiger partial charge is 0.241 e. The molecular formula is C14H15N3O3S. The van der Waals surface area contributed by atoms with E-state index in [9.17, 15) is 8.42 Å². The lowest BCUT2D eigenvalue weighted by molar-refractivity contribution is 0.380. The van der Waals surface area contributed by atoms with Crippen molar-refractivity contribution in [2.75, 3.05) is 6.54 Å². The van der Waals surface area contributed by atoms with Gasteiger partial charge in [-0.3, -0.25) is 0 Å². The van der Waals surface area contributed by atoms with Gasteiger partial charge >= 0.3 is 0 Å². The molecule has 0 bridgehead atoms. The van der Waals surface area contributed by atoms with Crippen LogP contribution in [0.3, 0.4) is 0 Å². The Morgan fingerprint density at radius 3 is 2.86 bits per heavy atom. The fourth-order valence-electron chi connectivity index (χ4n) is 1.70. The van der Waals surface area contributed by atoms with Gasteiger partial charge in [0.1, 0.15) is 0 Å². The van der Waals surface area contributed by atoms with E-state index < -0.39 is 10.0 Å². The average Bonchev–Trinajstić information content (AvgIpc) is 2.97. The fraction of sp³-hybridized carbons (Fsp3) is 0.214. The largest absolute Gasteiger partial charge is 0.360 e. The third kappa shape index (κ3) is 3.92. The lowest BCUT2D eigenvalue weighted by Gasteiger charge is -2.08. The molecule has 1 aromatic carbocycles. The summed E-state index contributed by atoms with van der Waals surface area (Å²) in [6, 6.07) is 6.59. The van der Waals surface area contributed by atoms with Crippen molar-refractivity contribution in [3.05, 3.63) is 47.3 Å². The molecule has 0 saturated heterocycles. The Kier molecular flexibility index (Phi) is 4.75. The monoisotopic (exact) mass is 305 g/mol. The first-order valence-corrected chi connectivity index (χ1v) is 7.70. The summed E-state index contributed by atoms with van der Waals surface area (Å²) in [6.07, 6.45) is 1.46. The zero-order valence-electron chi connectivity index (χ0n) is 11.5. The highest BCUT2D eigenvalue weighted by molar-refractivity contribution is 7.89. The molecule has 7 heteroatoms. The van der Waals surface area contributed by atoms with Crippen LogP contribution in [0, 0.1) is 18.8 Å². The van der Waals surface area contributed by atoms with Crippen LogP contribution >= 0.6 is 0 Å². The van der Waals surface area contributed by atoms with Crippen molar-refractivity contribution in [3.8, 4) is 11.8 Å². The molecule has 0 aliphatic heterocycles. The van der Waals surface area contributed by atoms with E-state index in [-0.39, 0.29) is 18.0 Å². The second-order valence-corrected chi connectivity index (χ2v) is 6.02. The van der Waals surface area contributed by atoms with Gasteiger partial charge in [-0.15, -0.1) is 0 Å². The molecule has 0 aliphatic carbocycles. The maximum Gasteiger partial charge on any atom is 0.241 e. The van der Waals surface area contributed by atoms with E-state index in [0.717, 1.165) is 0 Å². The van der Waals surface area contributed by atoms with Gasteiger partial charge in [-0.1, -0.05) is 23.1 Å². The number of rotatable bonds is 4. The molecule has 110 valence electrons. The van der Waals surface area contributed by atoms with E-state index in [1.807, 2.05) is 0 Å². The Hall–Kier alpha value is -2.14. The molecule has 0 saturated carbocycles. The van der Waals surface area contributed by atoms with Crippen molar-refractivity contribution >= 4 is 10.0 Å². The highest BCUT2D eigenvalue weighted by Gasteiger charge is 2.17. The summed E-state index contributed by atoms with van der Waals surface area (Å²) in [6.45, 7) is 1.99. The quantitative estimate of drug-likeness (QED) is 0.813. The molecular weight excluding hydrogens is 290 g/mol. The summed E-state index contributed by atoms with van der Waals surface area (Å²) in [5.74, 6) is 5.95. The molecule has 0 spiro atoms. The Morgan fingerprint density at radius 2 is 2.19 bits per heavy atom. The molecule has 1 aromatic heterocycles. The normalized spacial score (nSPS) is 11.0. The molecule has 6 nitrogen and oxygen atoms in total. The van der Waals surface area contributed by atoms with Gasteiger partial charge in [-0.2, -0.15) is 0 Å². The SMILES string of the molecule is Cc1ccc(C#CCN)cc1S(=O)(=O)NCc1ccno1. The summed E-state index contributed by atoms with van der Waals surface area (Å²) >= 11 is 0. The number of aryl methyl sites for hydroxylation is 1. The number of nitrogens with two attached hydrogens (primary N) is 1. The van der Waals surface area contributed by atoms with E-state index in [4.69, 9.17) is 10.3 Å². The third-order valence-corrected chi connectivity index (χ3v) is 4.28. The minimum absolute atomic E-state index is 0.0421. The van der Waals surface area contributed by atoms with Crippen LogP contribution in [0.4, 0.5) is 0 Å². The first kappa shape index (κ1) is 15.3. The first-order chi connectivity index (χ1) is 10.0. The average molecular weight is 305 g/mol. The van der Waals surface area contributed by atoms with Crippen LogP contribution in [0.1, 0.15) is 16.9 Å². The standard InChI is InChI=1S/C14H15N3O3S/c1-11-4-5-12(3-2-7-15)9-14(11)21(18,19)17-10-13-6-8-16-20-13/h4-6,8-9,17H,7,10,15H2,1H3. The second kappa shape index (κ2) is 6.54. The molecule has 1 heterocycles. The highest BCUT2D eigenvalue weighted by Crippen LogP contribution is 2.17. The van der Waals surface area contributed by atoms with Crippen molar-refractivity contribution in [2.24, 2.45) is 5.73 Å². The summed E-state index contributed by atoms with van der Waals surface area (Å²) in [7, 11) is -3.65. The number of nitrogens with one attached hydrogen (secondary N) is 1. The summed E-state index contributed by atoms with van der Waals surface area (Å²) in [4.78, 5) is 0.186. The number of hydrogen-bond acceptors (Lipinski definition) is 5. The zero-order valence-corrected chi connectivity index (χ0v) is 12.3. The van der Waals surface area contributed by atoms with Crippen molar-refractivity contribution in [1.82, 2.24) is 9.88 Å². The van der Waals surface area contributed by atoms with Gasteiger partial charge in [0.25, 0.3) is 0 Å². The summed E-state index contributed by atoms with van der Waals surface area (Å²) in [5, 5.41) is 3.52. The molecule has 0 atom stereocenters. The summed E-state index contributed by atoms with van der Waals surface area (Å²) < 4.78 is 32.0. The lowest BCUT2D eigenvalue weighted by atomic mass is 10.1. The van der Waals surface area contributed by atoms with Gasteiger partial charge in [-0.05, 0) is 24.6 Å². The van der Waals surface area contributed by atoms with Crippen LogP contribution in [-0.4, -0.2) is 20.1 Å². The van der Waals surface area contributed by atoms with Gasteiger partial charge in [0.05, 0.1) is 24.2 Å². The van der Waals surface area contributed by atoms with Gasteiger partial charge < -0.3 is 10.3 Å². The van der Waals surface area contributed by atoms with Crippen molar-refractivity contribution in [3.63, 3.8) is 0 Å². The topological polar surface area (TPSA) is 98.2 Å². The lowest BCUT2D eigenvalue weighted by Crippen LogP contribution is -2.23. The van der Waals surface area contributed by atoms with Crippen LogP contribution in [-0.2, 0) is 16.6 Å². The number of aromatic nitrogens is 1. The first-order valence-electron chi connectivity index (χ1n) is 6.22. The molecule has 0 radical (unpaired) electrons. The van der Waals surface area contributed by atoms with Crippen LogP contribution < -0.4 is 10.5 Å². The minimum Gasteiger partial charge on any atom is -0.360 e. The summed E-state index contributed by atoms with van der Waals surface area (Å²) in [5.41, 5.74) is 6.55. The molecule has 0 amide bonds. The Morgan fingerprint density at radius 1 is 1.38 bits per heavy atom. The maximum atomic E-state index is 12.3. The number of hydrogen-bond donors (Lipinski definition) is 2. The molecule has 2 rings (SSSR count). The van der Waals surface area contributed by atoms with Crippen LogP contribution in [0.5, 0.6) is 0 Å². The molecule has 0 fully saturated rings. The third-order valence-electron chi connectivity index (χ3n) is 2.74. The van der Waals surface area contributed by atoms with Crippen molar-refractivity contribution in [1.29, 1.82) is 0 Å². The van der Waals surface area contributed by atoms with Gasteiger partial charge in [0.2, 0.25) is 10.0 Å². The van der Waals surface area contributed by atoms with E-state index in [1.54, 1.807) is 25.1 Å². The van der Waals surface area contributed by atoms with Crippen molar-refractivity contribution < 1.29 is 12.9 Å². The predicted octanol–water partition coefficient (Wildman–Crippen LogP) is 0.772. The number of nitrogens with zero attached hydrogens (tertiary/aromatic N) is 1. The van der Waals surface area contributed by atoms with Gasteiger partial charge in [-0.25, -0.2) is 13.1 Å². The highest BCUT2D eigenvalue weighted by atomic mass is 32.2. The molecule has 21 heavy (non-hydrogen) atoms. The van der Waals surface area contributed by atoms with Crippen LogP contribution in [0.2, 0.25) is 0 Å². The van der Waals surface area contributed by atoms with E-state index in [0.29, 0.717) is 16.9 Å². The van der Waals surface area contributed by atoms with Crippen LogP contribution in [0.25, 0.3) is 0 Å².